The van der Waals surface area contributed by atoms with Crippen LogP contribution in [0.15, 0.2) is 72.8 Å². The summed E-state index contributed by atoms with van der Waals surface area (Å²) in [6.07, 6.45) is 8.05. The highest BCUT2D eigenvalue weighted by Crippen LogP contribution is 2.39. The van der Waals surface area contributed by atoms with Crippen molar-refractivity contribution >= 4 is 0 Å². The molecule has 0 radical (unpaired) electrons. The van der Waals surface area contributed by atoms with Gasteiger partial charge in [-0.25, -0.2) is 0 Å². The summed E-state index contributed by atoms with van der Waals surface area (Å²) in [4.78, 5) is 0. The molecule has 0 spiro atoms. The van der Waals surface area contributed by atoms with Crippen molar-refractivity contribution in [3.05, 3.63) is 101 Å². The lowest BCUT2D eigenvalue weighted by Gasteiger charge is -2.26. The van der Waals surface area contributed by atoms with Gasteiger partial charge in [-0.1, -0.05) is 92.1 Å². The Balaban J connectivity index is 1.71. The number of phenolic OH excluding ortho intramolecular Hbond substituents is 1. The molecule has 4 rings (SSSR count). The Morgan fingerprint density at radius 3 is 1.89 bits per heavy atom. The SMILES string of the molecule is Oc1c(Cc2ccccc2)ccc(C2CCCCC2)c1Cc1ccccc1. The van der Waals surface area contributed by atoms with Crippen molar-refractivity contribution < 1.29 is 5.11 Å². The van der Waals surface area contributed by atoms with Gasteiger partial charge in [-0.3, -0.25) is 0 Å². The normalized spacial score (nSPS) is 15.0. The summed E-state index contributed by atoms with van der Waals surface area (Å²) in [5, 5.41) is 11.2. The monoisotopic (exact) mass is 356 g/mol. The predicted molar refractivity (Wildman–Crippen MR) is 112 cm³/mol. The van der Waals surface area contributed by atoms with Crippen LogP contribution in [0.5, 0.6) is 5.75 Å². The van der Waals surface area contributed by atoms with E-state index in [4.69, 9.17) is 0 Å². The first-order valence-electron chi connectivity index (χ1n) is 10.2. The third-order valence-corrected chi connectivity index (χ3v) is 5.91. The Bertz CT molecular complexity index is 861. The van der Waals surface area contributed by atoms with Crippen molar-refractivity contribution in [1.82, 2.24) is 0 Å². The molecule has 1 saturated carbocycles. The first-order valence-corrected chi connectivity index (χ1v) is 10.2. The molecule has 3 aromatic carbocycles. The molecule has 1 aliphatic carbocycles. The van der Waals surface area contributed by atoms with Gasteiger partial charge in [0.05, 0.1) is 0 Å². The molecule has 1 heteroatoms. The lowest BCUT2D eigenvalue weighted by Crippen LogP contribution is -2.09. The van der Waals surface area contributed by atoms with Crippen molar-refractivity contribution in [2.45, 2.75) is 50.9 Å². The van der Waals surface area contributed by atoms with Gasteiger partial charge in [0.15, 0.2) is 0 Å². The second-order valence-corrected chi connectivity index (χ2v) is 7.80. The van der Waals surface area contributed by atoms with E-state index in [1.165, 1.54) is 48.8 Å². The fourth-order valence-corrected chi connectivity index (χ4v) is 4.44. The molecule has 0 atom stereocenters. The highest BCUT2D eigenvalue weighted by molar-refractivity contribution is 5.50. The number of hydrogen-bond acceptors (Lipinski definition) is 1. The number of aromatic hydroxyl groups is 1. The van der Waals surface area contributed by atoms with Gasteiger partial charge in [0.25, 0.3) is 0 Å². The van der Waals surface area contributed by atoms with Crippen LogP contribution < -0.4 is 0 Å². The zero-order valence-corrected chi connectivity index (χ0v) is 15.9. The molecule has 1 fully saturated rings. The minimum Gasteiger partial charge on any atom is -0.507 e. The predicted octanol–water partition coefficient (Wildman–Crippen LogP) is 6.62. The maximum Gasteiger partial charge on any atom is 0.122 e. The van der Waals surface area contributed by atoms with E-state index in [1.54, 1.807) is 0 Å². The lowest BCUT2D eigenvalue weighted by atomic mass is 9.80. The molecule has 0 unspecified atom stereocenters. The molecule has 1 N–H and O–H groups in total. The van der Waals surface area contributed by atoms with E-state index in [1.807, 2.05) is 6.07 Å². The van der Waals surface area contributed by atoms with Crippen LogP contribution in [0.3, 0.4) is 0 Å². The van der Waals surface area contributed by atoms with E-state index in [9.17, 15) is 5.11 Å². The average molecular weight is 357 g/mol. The van der Waals surface area contributed by atoms with Gasteiger partial charge in [0, 0.05) is 18.4 Å². The molecule has 0 amide bonds. The highest BCUT2D eigenvalue weighted by atomic mass is 16.3. The largest absolute Gasteiger partial charge is 0.507 e. The Labute approximate surface area is 162 Å². The Kier molecular flexibility index (Phi) is 5.58. The van der Waals surface area contributed by atoms with E-state index in [2.05, 4.69) is 66.7 Å². The average Bonchev–Trinajstić information content (AvgIpc) is 2.73. The minimum atomic E-state index is 0.505. The Morgan fingerprint density at radius 1 is 0.667 bits per heavy atom. The van der Waals surface area contributed by atoms with Crippen molar-refractivity contribution in [2.24, 2.45) is 0 Å². The third kappa shape index (κ3) is 4.24. The third-order valence-electron chi connectivity index (χ3n) is 5.91. The fraction of sp³-hybridized carbons (Fsp3) is 0.308. The zero-order chi connectivity index (χ0) is 18.5. The maximum atomic E-state index is 11.2. The van der Waals surface area contributed by atoms with Crippen LogP contribution in [0.1, 0.15) is 65.8 Å². The summed E-state index contributed by atoms with van der Waals surface area (Å²) in [6, 6.07) is 25.4. The number of hydrogen-bond donors (Lipinski definition) is 1. The van der Waals surface area contributed by atoms with Crippen molar-refractivity contribution in [3.63, 3.8) is 0 Å². The van der Waals surface area contributed by atoms with Crippen LogP contribution in [0, 0.1) is 0 Å². The van der Waals surface area contributed by atoms with Gasteiger partial charge in [0.2, 0.25) is 0 Å². The number of benzene rings is 3. The first kappa shape index (κ1) is 17.9. The zero-order valence-electron chi connectivity index (χ0n) is 15.9. The highest BCUT2D eigenvalue weighted by Gasteiger charge is 2.22. The van der Waals surface area contributed by atoms with Gasteiger partial charge in [0.1, 0.15) is 5.75 Å². The molecule has 3 aromatic rings. The van der Waals surface area contributed by atoms with Crippen LogP contribution in [0.2, 0.25) is 0 Å². The van der Waals surface area contributed by atoms with Crippen LogP contribution >= 0.6 is 0 Å². The quantitative estimate of drug-likeness (QED) is 0.544. The van der Waals surface area contributed by atoms with Gasteiger partial charge in [-0.2, -0.15) is 0 Å². The smallest absolute Gasteiger partial charge is 0.122 e. The topological polar surface area (TPSA) is 20.2 Å². The van der Waals surface area contributed by atoms with Gasteiger partial charge >= 0.3 is 0 Å². The van der Waals surface area contributed by atoms with Crippen LogP contribution in [0.25, 0.3) is 0 Å². The molecule has 0 saturated heterocycles. The van der Waals surface area contributed by atoms with Crippen LogP contribution in [0.4, 0.5) is 0 Å². The Morgan fingerprint density at radius 2 is 1.26 bits per heavy atom. The van der Waals surface area contributed by atoms with Crippen LogP contribution in [-0.4, -0.2) is 5.11 Å². The van der Waals surface area contributed by atoms with Crippen molar-refractivity contribution in [1.29, 1.82) is 0 Å². The van der Waals surface area contributed by atoms with Crippen molar-refractivity contribution in [2.75, 3.05) is 0 Å². The molecular formula is C26H28O. The second-order valence-electron chi connectivity index (χ2n) is 7.80. The van der Waals surface area contributed by atoms with Gasteiger partial charge in [-0.15, -0.1) is 0 Å². The summed E-state index contributed by atoms with van der Waals surface area (Å²) >= 11 is 0. The van der Waals surface area contributed by atoms with Crippen LogP contribution in [-0.2, 0) is 12.8 Å². The number of rotatable bonds is 5. The van der Waals surface area contributed by atoms with Crippen molar-refractivity contribution in [3.8, 4) is 5.75 Å². The summed E-state index contributed by atoms with van der Waals surface area (Å²) < 4.78 is 0. The summed E-state index contributed by atoms with van der Waals surface area (Å²) in [5.74, 6) is 1.10. The van der Waals surface area contributed by atoms with E-state index in [0.29, 0.717) is 11.7 Å². The molecule has 138 valence electrons. The Hall–Kier alpha value is -2.54. The van der Waals surface area contributed by atoms with E-state index < -0.39 is 0 Å². The van der Waals surface area contributed by atoms with Gasteiger partial charge < -0.3 is 5.11 Å². The summed E-state index contributed by atoms with van der Waals surface area (Å²) in [5.41, 5.74) is 6.05. The molecular weight excluding hydrogens is 328 g/mol. The number of phenols is 1. The molecule has 0 aromatic heterocycles. The van der Waals surface area contributed by atoms with E-state index in [-0.39, 0.29) is 0 Å². The molecule has 1 nitrogen and oxygen atoms in total. The summed E-state index contributed by atoms with van der Waals surface area (Å²) in [7, 11) is 0. The first-order chi connectivity index (χ1) is 13.3. The minimum absolute atomic E-state index is 0.505. The molecule has 0 heterocycles. The maximum absolute atomic E-state index is 11.2. The fourth-order valence-electron chi connectivity index (χ4n) is 4.44. The standard InChI is InChI=1S/C26H28O/c27-26-23(18-20-10-4-1-5-11-20)16-17-24(22-14-8-3-9-15-22)25(26)19-21-12-6-2-7-13-21/h1-2,4-7,10-13,16-17,22,27H,3,8-9,14-15,18-19H2. The molecule has 27 heavy (non-hydrogen) atoms. The summed E-state index contributed by atoms with van der Waals surface area (Å²) in [6.45, 7) is 0. The molecule has 0 bridgehead atoms. The van der Waals surface area contributed by atoms with E-state index in [0.717, 1.165) is 24.0 Å². The molecule has 1 aliphatic rings. The second kappa shape index (κ2) is 8.43. The lowest BCUT2D eigenvalue weighted by molar-refractivity contribution is 0.432. The van der Waals surface area contributed by atoms with E-state index >= 15 is 0 Å². The molecule has 0 aliphatic heterocycles. The van der Waals surface area contributed by atoms with Gasteiger partial charge in [-0.05, 0) is 41.0 Å².